The van der Waals surface area contributed by atoms with Gasteiger partial charge in [0.1, 0.15) is 11.6 Å². The van der Waals surface area contributed by atoms with Gasteiger partial charge in [0.2, 0.25) is 23.3 Å². The number of aromatic nitrogens is 3. The second kappa shape index (κ2) is 10.8. The lowest BCUT2D eigenvalue weighted by Crippen LogP contribution is -2.21. The van der Waals surface area contributed by atoms with E-state index in [9.17, 15) is 9.59 Å². The summed E-state index contributed by atoms with van der Waals surface area (Å²) in [5.74, 6) is 0.237. The van der Waals surface area contributed by atoms with Crippen LogP contribution in [0.15, 0.2) is 45.4 Å². The maximum Gasteiger partial charge on any atom is 0.254 e. The highest BCUT2D eigenvalue weighted by Gasteiger charge is 2.51. The van der Waals surface area contributed by atoms with Crippen molar-refractivity contribution in [2.75, 3.05) is 7.11 Å². The van der Waals surface area contributed by atoms with Crippen molar-refractivity contribution in [2.24, 2.45) is 5.41 Å². The van der Waals surface area contributed by atoms with E-state index in [-0.39, 0.29) is 65.5 Å². The van der Waals surface area contributed by atoms with Gasteiger partial charge in [-0.3, -0.25) is 9.59 Å². The van der Waals surface area contributed by atoms with E-state index < -0.39 is 11.2 Å². The molecule has 2 aliphatic carbocycles. The lowest BCUT2D eigenvalue weighted by atomic mass is 9.85. The van der Waals surface area contributed by atoms with Crippen molar-refractivity contribution in [3.8, 4) is 28.4 Å². The number of methoxy groups -OCH3 is 1. The fraction of sp³-hybridized carbons (Fsp3) is 0.345. The van der Waals surface area contributed by atoms with Gasteiger partial charge in [-0.2, -0.15) is 18.5 Å². The van der Waals surface area contributed by atoms with Crippen molar-refractivity contribution in [1.82, 2.24) is 15.3 Å². The number of fused-ring (bicyclic) bond motifs is 1. The van der Waals surface area contributed by atoms with Gasteiger partial charge in [0.15, 0.2) is 0 Å². The number of aryl methyl sites for hydroxylation is 2. The molecule has 1 atom stereocenters. The quantitative estimate of drug-likeness (QED) is 0.201. The van der Waals surface area contributed by atoms with Crippen molar-refractivity contribution in [2.45, 2.75) is 51.4 Å². The number of halogens is 2. The molecule has 4 aromatic rings. The molecule has 0 unspecified atom stereocenters. The fourth-order valence-corrected chi connectivity index (χ4v) is 5.75. The minimum atomic E-state index is -0.629. The first-order valence-electron chi connectivity index (χ1n) is 12.8. The van der Waals surface area contributed by atoms with E-state index in [1.807, 2.05) is 18.2 Å². The standard InChI is InChI=1S/C29H25ClFN3O5.H2S/c1-15-32-28(34-38-15)27-21(11-19(30)12-22(27)31)17-5-6-20-16(9-17)3-4-18(20)10-25(36)29(7-8-29)14-23(35)24-13-26(37-2)33-39-24;/h5-6,9,11-13,18H,3-4,7-8,10,14H2,1-2H3;1H2/t18-;/m1./s1. The number of Topliss-reactive ketones (excluding diaryl/α,β-unsaturated/α-hetero) is 2. The number of hydrogen-bond acceptors (Lipinski definition) is 8. The van der Waals surface area contributed by atoms with Crippen LogP contribution in [0.3, 0.4) is 0 Å². The van der Waals surface area contributed by atoms with Crippen LogP contribution in [0.5, 0.6) is 5.88 Å². The van der Waals surface area contributed by atoms with Gasteiger partial charge in [-0.25, -0.2) is 4.39 Å². The molecule has 2 aromatic carbocycles. The van der Waals surface area contributed by atoms with Gasteiger partial charge in [-0.05, 0) is 71.1 Å². The van der Waals surface area contributed by atoms with Crippen LogP contribution in [0.25, 0.3) is 22.5 Å². The van der Waals surface area contributed by atoms with Crippen LogP contribution in [0, 0.1) is 18.2 Å². The summed E-state index contributed by atoms with van der Waals surface area (Å²) >= 11 is 6.21. The SMILES string of the molecule is COc1cc(C(=O)CC2(C(=O)C[C@H]3CCc4cc(-c5cc(Cl)cc(F)c5-c5noc(C)n5)ccc43)CC2)on1.S. The fourth-order valence-electron chi connectivity index (χ4n) is 5.54. The summed E-state index contributed by atoms with van der Waals surface area (Å²) < 4.78 is 30.2. The third-order valence-corrected chi connectivity index (χ3v) is 8.03. The number of carbonyl (C=O) groups is 2. The third kappa shape index (κ3) is 5.17. The normalized spacial score (nSPS) is 16.8. The van der Waals surface area contributed by atoms with E-state index >= 15 is 4.39 Å². The van der Waals surface area contributed by atoms with Gasteiger partial charge in [0, 0.05) is 30.2 Å². The van der Waals surface area contributed by atoms with Crippen LogP contribution in [-0.4, -0.2) is 34.0 Å². The summed E-state index contributed by atoms with van der Waals surface area (Å²) in [6.07, 6.45) is 3.50. The average Bonchev–Trinajstić information content (AvgIpc) is 3.24. The Kier molecular flexibility index (Phi) is 7.58. The van der Waals surface area contributed by atoms with E-state index in [1.54, 1.807) is 13.0 Å². The summed E-state index contributed by atoms with van der Waals surface area (Å²) in [7, 11) is 1.45. The zero-order valence-electron chi connectivity index (χ0n) is 21.9. The first-order valence-corrected chi connectivity index (χ1v) is 13.1. The number of ether oxygens (including phenoxy) is 1. The molecule has 2 heterocycles. The molecule has 0 spiro atoms. The molecule has 0 saturated heterocycles. The summed E-state index contributed by atoms with van der Waals surface area (Å²) in [5, 5.41) is 7.85. The smallest absolute Gasteiger partial charge is 0.254 e. The van der Waals surface area contributed by atoms with Gasteiger partial charge >= 0.3 is 0 Å². The molecule has 1 saturated carbocycles. The molecule has 0 amide bonds. The molecular weight excluding hydrogens is 557 g/mol. The Labute approximate surface area is 241 Å². The topological polar surface area (TPSA) is 108 Å². The number of nitrogens with zero attached hydrogens (tertiary/aromatic N) is 3. The second-order valence-corrected chi connectivity index (χ2v) is 10.8. The predicted molar refractivity (Wildman–Crippen MR) is 150 cm³/mol. The lowest BCUT2D eigenvalue weighted by molar-refractivity contribution is -0.124. The zero-order chi connectivity index (χ0) is 27.3. The van der Waals surface area contributed by atoms with Crippen LogP contribution in [0.4, 0.5) is 4.39 Å². The first kappa shape index (κ1) is 28.0. The molecule has 11 heteroatoms. The maximum absolute atomic E-state index is 15.0. The average molecular weight is 584 g/mol. The molecule has 2 aromatic heterocycles. The Morgan fingerprint density at radius 2 is 1.95 bits per heavy atom. The number of ketones is 2. The molecule has 0 aliphatic heterocycles. The number of carbonyl (C=O) groups excluding carboxylic acids is 2. The van der Waals surface area contributed by atoms with E-state index in [1.165, 1.54) is 19.2 Å². The molecule has 0 radical (unpaired) electrons. The van der Waals surface area contributed by atoms with Crippen LogP contribution in [0.1, 0.15) is 65.6 Å². The molecule has 1 fully saturated rings. The minimum absolute atomic E-state index is 0. The van der Waals surface area contributed by atoms with Crippen molar-refractivity contribution in [3.05, 3.63) is 70.0 Å². The van der Waals surface area contributed by atoms with E-state index in [0.29, 0.717) is 30.7 Å². The molecule has 6 rings (SSSR count). The molecular formula is C29H27ClFN3O5S. The van der Waals surface area contributed by atoms with Crippen LogP contribution in [0.2, 0.25) is 5.02 Å². The zero-order valence-corrected chi connectivity index (χ0v) is 23.7. The molecule has 0 bridgehead atoms. The Bertz CT molecular complexity index is 1610. The summed E-state index contributed by atoms with van der Waals surface area (Å²) in [4.78, 5) is 30.3. The van der Waals surface area contributed by atoms with Gasteiger partial charge in [-0.1, -0.05) is 35.0 Å². The molecule has 2 aliphatic rings. The van der Waals surface area contributed by atoms with Crippen molar-refractivity contribution >= 4 is 36.7 Å². The van der Waals surface area contributed by atoms with Crippen molar-refractivity contribution in [1.29, 1.82) is 0 Å². The highest BCUT2D eigenvalue weighted by molar-refractivity contribution is 7.59. The monoisotopic (exact) mass is 583 g/mol. The van der Waals surface area contributed by atoms with Crippen LogP contribution >= 0.6 is 25.1 Å². The summed E-state index contributed by atoms with van der Waals surface area (Å²) in [5.41, 5.74) is 3.17. The number of benzene rings is 2. The lowest BCUT2D eigenvalue weighted by Gasteiger charge is -2.17. The maximum atomic E-state index is 15.0. The van der Waals surface area contributed by atoms with Gasteiger partial charge in [0.05, 0.1) is 18.7 Å². The highest BCUT2D eigenvalue weighted by Crippen LogP contribution is 2.53. The molecule has 208 valence electrons. The van der Waals surface area contributed by atoms with Crippen molar-refractivity contribution in [3.63, 3.8) is 0 Å². The highest BCUT2D eigenvalue weighted by atomic mass is 35.5. The Morgan fingerprint density at radius 1 is 1.15 bits per heavy atom. The van der Waals surface area contributed by atoms with E-state index in [4.69, 9.17) is 25.4 Å². The minimum Gasteiger partial charge on any atom is -0.479 e. The Balaban J connectivity index is 0.00000323. The molecule has 40 heavy (non-hydrogen) atoms. The largest absolute Gasteiger partial charge is 0.479 e. The number of hydrogen-bond donors (Lipinski definition) is 0. The first-order chi connectivity index (χ1) is 18.8. The Morgan fingerprint density at radius 3 is 2.62 bits per heavy atom. The predicted octanol–water partition coefficient (Wildman–Crippen LogP) is 6.66. The van der Waals surface area contributed by atoms with Gasteiger partial charge in [-0.15, -0.1) is 0 Å². The van der Waals surface area contributed by atoms with Crippen molar-refractivity contribution < 1.29 is 27.8 Å². The van der Waals surface area contributed by atoms with Gasteiger partial charge in [0.25, 0.3) is 5.88 Å². The molecule has 0 N–H and O–H groups in total. The van der Waals surface area contributed by atoms with E-state index in [2.05, 4.69) is 15.3 Å². The second-order valence-electron chi connectivity index (χ2n) is 10.3. The van der Waals surface area contributed by atoms with Crippen LogP contribution < -0.4 is 4.74 Å². The third-order valence-electron chi connectivity index (χ3n) is 7.81. The summed E-state index contributed by atoms with van der Waals surface area (Å²) in [6, 6.07) is 10.3. The van der Waals surface area contributed by atoms with E-state index in [0.717, 1.165) is 29.5 Å². The van der Waals surface area contributed by atoms with Crippen LogP contribution in [-0.2, 0) is 11.2 Å². The number of rotatable bonds is 9. The van der Waals surface area contributed by atoms with Gasteiger partial charge < -0.3 is 13.8 Å². The molecule has 8 nitrogen and oxygen atoms in total. The Hall–Kier alpha value is -3.50. The summed E-state index contributed by atoms with van der Waals surface area (Å²) in [6.45, 7) is 1.65.